The molecule has 0 aromatic heterocycles. The molecule has 0 atom stereocenters. The topological polar surface area (TPSA) is 41.1 Å². The van der Waals surface area contributed by atoms with Gasteiger partial charge in [0.15, 0.2) is 0 Å². The zero-order valence-electron chi connectivity index (χ0n) is 9.83. The van der Waals surface area contributed by atoms with Crippen LogP contribution < -0.4 is 10.6 Å². The summed E-state index contributed by atoms with van der Waals surface area (Å²) in [6, 6.07) is 7.90. The Morgan fingerprint density at radius 3 is 2.71 bits per heavy atom. The average Bonchev–Trinajstić information content (AvgIpc) is 2.28. The fourth-order valence-corrected chi connectivity index (χ4v) is 1.77. The van der Waals surface area contributed by atoms with Crippen molar-refractivity contribution in [2.45, 2.75) is 19.4 Å². The van der Waals surface area contributed by atoms with Crippen molar-refractivity contribution in [3.8, 4) is 0 Å². The third-order valence-corrected chi connectivity index (χ3v) is 3.04. The van der Waals surface area contributed by atoms with Crippen molar-refractivity contribution in [2.75, 3.05) is 13.6 Å². The number of carbonyl (C=O) groups is 1. The van der Waals surface area contributed by atoms with Crippen molar-refractivity contribution < 1.29 is 4.79 Å². The molecule has 1 aromatic carbocycles. The fourth-order valence-electron chi connectivity index (χ4n) is 1.35. The SMILES string of the molecule is CNCCCC(=O)NCc1ccccc1Br.Cl. The van der Waals surface area contributed by atoms with E-state index >= 15 is 0 Å². The highest BCUT2D eigenvalue weighted by molar-refractivity contribution is 9.10. The molecule has 0 aliphatic carbocycles. The molecule has 0 radical (unpaired) electrons. The lowest BCUT2D eigenvalue weighted by molar-refractivity contribution is -0.121. The van der Waals surface area contributed by atoms with Crippen LogP contribution in [0.25, 0.3) is 0 Å². The molecule has 96 valence electrons. The van der Waals surface area contributed by atoms with Gasteiger partial charge in [-0.25, -0.2) is 0 Å². The van der Waals surface area contributed by atoms with E-state index in [0.29, 0.717) is 13.0 Å². The molecule has 0 spiro atoms. The van der Waals surface area contributed by atoms with E-state index in [0.717, 1.165) is 23.0 Å². The summed E-state index contributed by atoms with van der Waals surface area (Å²) >= 11 is 3.45. The Bertz CT molecular complexity index is 347. The molecular formula is C12H18BrClN2O. The minimum atomic E-state index is 0. The van der Waals surface area contributed by atoms with Crippen LogP contribution in [0.2, 0.25) is 0 Å². The molecular weight excluding hydrogens is 304 g/mol. The van der Waals surface area contributed by atoms with Crippen molar-refractivity contribution >= 4 is 34.2 Å². The van der Waals surface area contributed by atoms with Crippen LogP contribution in [0.3, 0.4) is 0 Å². The van der Waals surface area contributed by atoms with Crippen LogP contribution >= 0.6 is 28.3 Å². The smallest absolute Gasteiger partial charge is 0.220 e. The number of carbonyl (C=O) groups excluding carboxylic acids is 1. The Labute approximate surface area is 117 Å². The lowest BCUT2D eigenvalue weighted by Crippen LogP contribution is -2.23. The van der Waals surface area contributed by atoms with Gasteiger partial charge in [-0.3, -0.25) is 4.79 Å². The second-order valence-electron chi connectivity index (χ2n) is 3.58. The first-order valence-corrected chi connectivity index (χ1v) is 6.18. The van der Waals surface area contributed by atoms with Gasteiger partial charge in [0, 0.05) is 17.4 Å². The van der Waals surface area contributed by atoms with Gasteiger partial charge in [0.25, 0.3) is 0 Å². The van der Waals surface area contributed by atoms with E-state index in [4.69, 9.17) is 0 Å². The van der Waals surface area contributed by atoms with Crippen LogP contribution in [0.4, 0.5) is 0 Å². The van der Waals surface area contributed by atoms with Gasteiger partial charge < -0.3 is 10.6 Å². The molecule has 5 heteroatoms. The summed E-state index contributed by atoms with van der Waals surface area (Å²) in [5, 5.41) is 5.92. The minimum absolute atomic E-state index is 0. The van der Waals surface area contributed by atoms with Crippen molar-refractivity contribution in [1.29, 1.82) is 0 Å². The number of halogens is 2. The van der Waals surface area contributed by atoms with Crippen LogP contribution in [0, 0.1) is 0 Å². The van der Waals surface area contributed by atoms with Crippen LogP contribution in [0.1, 0.15) is 18.4 Å². The Kier molecular flexibility index (Phi) is 9.13. The van der Waals surface area contributed by atoms with Gasteiger partial charge in [-0.1, -0.05) is 34.1 Å². The number of hydrogen-bond acceptors (Lipinski definition) is 2. The Morgan fingerprint density at radius 2 is 2.06 bits per heavy atom. The first-order valence-electron chi connectivity index (χ1n) is 5.38. The second-order valence-corrected chi connectivity index (χ2v) is 4.43. The zero-order chi connectivity index (χ0) is 11.8. The molecule has 0 aliphatic heterocycles. The lowest BCUT2D eigenvalue weighted by atomic mass is 10.2. The van der Waals surface area contributed by atoms with Crippen molar-refractivity contribution in [1.82, 2.24) is 10.6 Å². The van der Waals surface area contributed by atoms with Crippen LogP contribution in [-0.4, -0.2) is 19.5 Å². The minimum Gasteiger partial charge on any atom is -0.352 e. The average molecular weight is 322 g/mol. The monoisotopic (exact) mass is 320 g/mol. The van der Waals surface area contributed by atoms with Gasteiger partial charge in [-0.15, -0.1) is 12.4 Å². The molecule has 0 saturated heterocycles. The van der Waals surface area contributed by atoms with E-state index in [-0.39, 0.29) is 18.3 Å². The standard InChI is InChI=1S/C12H17BrN2O.ClH/c1-14-8-4-7-12(16)15-9-10-5-2-3-6-11(10)13;/h2-3,5-6,14H,4,7-9H2,1H3,(H,15,16);1H. The molecule has 0 aliphatic rings. The van der Waals surface area contributed by atoms with E-state index in [1.807, 2.05) is 31.3 Å². The van der Waals surface area contributed by atoms with Crippen LogP contribution in [-0.2, 0) is 11.3 Å². The number of benzene rings is 1. The van der Waals surface area contributed by atoms with Crippen LogP contribution in [0.5, 0.6) is 0 Å². The maximum atomic E-state index is 11.4. The summed E-state index contributed by atoms with van der Waals surface area (Å²) in [5.74, 6) is 0.103. The molecule has 1 rings (SSSR count). The van der Waals surface area contributed by atoms with Gasteiger partial charge in [0.05, 0.1) is 0 Å². The first-order chi connectivity index (χ1) is 7.74. The third kappa shape index (κ3) is 6.66. The van der Waals surface area contributed by atoms with Gasteiger partial charge >= 0.3 is 0 Å². The predicted molar refractivity (Wildman–Crippen MR) is 76.4 cm³/mol. The number of hydrogen-bond donors (Lipinski definition) is 2. The molecule has 0 unspecified atom stereocenters. The number of amides is 1. The van der Waals surface area contributed by atoms with E-state index in [9.17, 15) is 4.79 Å². The van der Waals surface area contributed by atoms with E-state index in [1.165, 1.54) is 0 Å². The first kappa shape index (κ1) is 16.4. The summed E-state index contributed by atoms with van der Waals surface area (Å²) in [6.45, 7) is 1.46. The van der Waals surface area contributed by atoms with Gasteiger partial charge in [-0.2, -0.15) is 0 Å². The third-order valence-electron chi connectivity index (χ3n) is 2.26. The van der Waals surface area contributed by atoms with Gasteiger partial charge in [0.2, 0.25) is 5.91 Å². The molecule has 1 aromatic rings. The maximum Gasteiger partial charge on any atom is 0.220 e. The highest BCUT2D eigenvalue weighted by Crippen LogP contribution is 2.15. The summed E-state index contributed by atoms with van der Waals surface area (Å²) in [6.07, 6.45) is 1.45. The number of rotatable bonds is 6. The summed E-state index contributed by atoms with van der Waals surface area (Å²) in [5.41, 5.74) is 1.10. The molecule has 0 bridgehead atoms. The molecule has 1 amide bonds. The largest absolute Gasteiger partial charge is 0.352 e. The lowest BCUT2D eigenvalue weighted by Gasteiger charge is -2.06. The Balaban J connectivity index is 0.00000256. The van der Waals surface area contributed by atoms with E-state index in [1.54, 1.807) is 0 Å². The predicted octanol–water partition coefficient (Wildman–Crippen LogP) is 2.49. The quantitative estimate of drug-likeness (QED) is 0.790. The van der Waals surface area contributed by atoms with E-state index in [2.05, 4.69) is 26.6 Å². The van der Waals surface area contributed by atoms with Crippen molar-refractivity contribution in [2.24, 2.45) is 0 Å². The summed E-state index contributed by atoms with van der Waals surface area (Å²) in [4.78, 5) is 11.4. The molecule has 3 nitrogen and oxygen atoms in total. The van der Waals surface area contributed by atoms with Gasteiger partial charge in [0.1, 0.15) is 0 Å². The molecule has 0 fully saturated rings. The summed E-state index contributed by atoms with van der Waals surface area (Å²) in [7, 11) is 1.89. The Morgan fingerprint density at radius 1 is 1.35 bits per heavy atom. The second kappa shape index (κ2) is 9.45. The summed E-state index contributed by atoms with van der Waals surface area (Å²) < 4.78 is 1.03. The van der Waals surface area contributed by atoms with Crippen LogP contribution in [0.15, 0.2) is 28.7 Å². The maximum absolute atomic E-state index is 11.4. The fraction of sp³-hybridized carbons (Fsp3) is 0.417. The molecule has 0 saturated carbocycles. The number of nitrogens with one attached hydrogen (secondary N) is 2. The highest BCUT2D eigenvalue weighted by atomic mass is 79.9. The zero-order valence-corrected chi connectivity index (χ0v) is 12.2. The van der Waals surface area contributed by atoms with Crippen molar-refractivity contribution in [3.05, 3.63) is 34.3 Å². The van der Waals surface area contributed by atoms with Gasteiger partial charge in [-0.05, 0) is 31.6 Å². The molecule has 2 N–H and O–H groups in total. The Hall–Kier alpha value is -0.580. The van der Waals surface area contributed by atoms with E-state index < -0.39 is 0 Å². The van der Waals surface area contributed by atoms with Crippen molar-refractivity contribution in [3.63, 3.8) is 0 Å². The normalized spacial score (nSPS) is 9.53. The molecule has 17 heavy (non-hydrogen) atoms. The highest BCUT2D eigenvalue weighted by Gasteiger charge is 2.02. The molecule has 0 heterocycles.